The van der Waals surface area contributed by atoms with Crippen molar-refractivity contribution in [2.75, 3.05) is 13.2 Å². The quantitative estimate of drug-likeness (QED) is 0.0175. The minimum atomic E-state index is -5.11. The molecule has 0 aromatic carbocycles. The van der Waals surface area contributed by atoms with Gasteiger partial charge in [0.25, 0.3) is 0 Å². The Morgan fingerprint density at radius 2 is 1.10 bits per heavy atom. The molecule has 360 valence electrons. The topological polar surface area (TPSA) is 212 Å². The Morgan fingerprint density at radius 3 is 1.56 bits per heavy atom. The first-order valence-electron chi connectivity index (χ1n) is 24.3. The van der Waals surface area contributed by atoms with Gasteiger partial charge in [0.05, 0.1) is 25.4 Å². The molecule has 8 unspecified atom stereocenters. The maximum absolute atomic E-state index is 13.1. The molecule has 1 heterocycles. The van der Waals surface area contributed by atoms with E-state index in [-0.39, 0.29) is 6.42 Å². The molecule has 0 spiro atoms. The van der Waals surface area contributed by atoms with Gasteiger partial charge in [-0.2, -0.15) is 8.42 Å². The zero-order valence-corrected chi connectivity index (χ0v) is 38.9. The molecule has 1 saturated heterocycles. The van der Waals surface area contributed by atoms with Crippen LogP contribution in [0.5, 0.6) is 0 Å². The van der Waals surface area contributed by atoms with E-state index in [0.29, 0.717) is 19.3 Å². The molecule has 7 N–H and O–H groups in total. The number of rotatable bonds is 41. The van der Waals surface area contributed by atoms with Gasteiger partial charge in [-0.1, -0.05) is 186 Å². The van der Waals surface area contributed by atoms with Crippen molar-refractivity contribution in [1.82, 2.24) is 5.32 Å². The third kappa shape index (κ3) is 30.3. The van der Waals surface area contributed by atoms with Gasteiger partial charge in [0.1, 0.15) is 30.5 Å². The summed E-state index contributed by atoms with van der Waals surface area (Å²) in [4.78, 5) is 13.1. The maximum atomic E-state index is 13.1. The predicted octanol–water partition coefficient (Wildman–Crippen LogP) is 8.69. The number of carbonyl (C=O) groups is 1. The van der Waals surface area contributed by atoms with E-state index in [1.54, 1.807) is 0 Å². The lowest BCUT2D eigenvalue weighted by Crippen LogP contribution is -2.61. The maximum Gasteiger partial charge on any atom is 0.397 e. The second kappa shape index (κ2) is 37.9. The molecule has 0 aromatic heterocycles. The number of hydrogen-bond donors (Lipinski definition) is 7. The van der Waals surface area contributed by atoms with Crippen LogP contribution in [0.15, 0.2) is 24.3 Å². The fourth-order valence-corrected chi connectivity index (χ4v) is 8.24. The summed E-state index contributed by atoms with van der Waals surface area (Å²) in [6.45, 7) is 3.25. The SMILES string of the molecule is CCCCCCCCCCC/C=C\C/C=C\CCCCCCCCC(O)C(=O)NC(COC1OC(CO)C(O)C(OS(=O)(=O)O)C1O)C(O)CCCCCCCCCCCC. The molecule has 1 rings (SSSR count). The van der Waals surface area contributed by atoms with Crippen LogP contribution >= 0.6 is 0 Å². The van der Waals surface area contributed by atoms with Crippen molar-refractivity contribution in [2.45, 2.75) is 255 Å². The Bertz CT molecular complexity index is 1200. The number of carbonyl (C=O) groups excluding carboxylic acids is 1. The first-order valence-corrected chi connectivity index (χ1v) is 25.7. The van der Waals surface area contributed by atoms with E-state index >= 15 is 0 Å². The van der Waals surface area contributed by atoms with Gasteiger partial charge < -0.3 is 40.3 Å². The Hall–Kier alpha value is -1.46. The molecule has 0 radical (unpaired) electrons. The molecule has 1 aliphatic heterocycles. The number of nitrogens with one attached hydrogen (secondary N) is 1. The summed E-state index contributed by atoms with van der Waals surface area (Å²) in [5.41, 5.74) is 0. The van der Waals surface area contributed by atoms with Crippen molar-refractivity contribution >= 4 is 16.3 Å². The number of allylic oxidation sites excluding steroid dienone is 4. The summed E-state index contributed by atoms with van der Waals surface area (Å²) in [5.74, 6) is -0.679. The second-order valence-electron chi connectivity index (χ2n) is 17.2. The van der Waals surface area contributed by atoms with Crippen molar-refractivity contribution in [3.8, 4) is 0 Å². The molecule has 1 aliphatic rings. The highest BCUT2D eigenvalue weighted by Crippen LogP contribution is 2.26. The number of ether oxygens (including phenoxy) is 2. The Balaban J connectivity index is 2.46. The standard InChI is InChI=1S/C47H89NO12S/c1-3-5-7-9-11-13-15-16-17-18-19-20-21-22-23-24-25-26-28-30-32-34-36-41(51)46(54)48-39(40(50)35-33-31-29-27-14-12-10-8-6-4-2)38-58-47-44(53)45(60-61(55,56)57)43(52)42(37-49)59-47/h19-20,22-23,39-45,47,49-53H,3-18,21,24-38H2,1-2H3,(H,48,54)(H,55,56,57)/b20-19-,23-22-. The normalized spacial score (nSPS) is 21.3. The van der Waals surface area contributed by atoms with Crippen molar-refractivity contribution in [2.24, 2.45) is 0 Å². The number of hydrogen-bond acceptors (Lipinski definition) is 11. The lowest BCUT2D eigenvalue weighted by Gasteiger charge is -2.41. The minimum Gasteiger partial charge on any atom is -0.394 e. The molecule has 14 heteroatoms. The van der Waals surface area contributed by atoms with E-state index in [0.717, 1.165) is 64.2 Å². The van der Waals surface area contributed by atoms with E-state index < -0.39 is 78.5 Å². The summed E-state index contributed by atoms with van der Waals surface area (Å²) in [6.07, 6.45) is 30.9. The Labute approximate surface area is 370 Å². The van der Waals surface area contributed by atoms with Crippen molar-refractivity contribution in [3.63, 3.8) is 0 Å². The zero-order chi connectivity index (χ0) is 45.0. The average molecular weight is 892 g/mol. The highest BCUT2D eigenvalue weighted by Gasteiger charge is 2.48. The van der Waals surface area contributed by atoms with E-state index in [1.807, 2.05) is 0 Å². The fourth-order valence-electron chi connectivity index (χ4n) is 7.73. The molecular weight excluding hydrogens is 803 g/mol. The summed E-state index contributed by atoms with van der Waals surface area (Å²) < 4.78 is 47.5. The highest BCUT2D eigenvalue weighted by atomic mass is 32.3. The predicted molar refractivity (Wildman–Crippen MR) is 242 cm³/mol. The fraction of sp³-hybridized carbons (Fsp3) is 0.894. The van der Waals surface area contributed by atoms with E-state index in [4.69, 9.17) is 9.47 Å². The third-order valence-corrected chi connectivity index (χ3v) is 12.1. The van der Waals surface area contributed by atoms with Crippen LogP contribution in [0.25, 0.3) is 0 Å². The van der Waals surface area contributed by atoms with Crippen molar-refractivity contribution < 1.29 is 57.0 Å². The smallest absolute Gasteiger partial charge is 0.394 e. The molecule has 0 aliphatic carbocycles. The van der Waals surface area contributed by atoms with Gasteiger partial charge in [-0.15, -0.1) is 0 Å². The largest absolute Gasteiger partial charge is 0.397 e. The number of aliphatic hydroxyl groups is 5. The van der Waals surface area contributed by atoms with Gasteiger partial charge in [-0.05, 0) is 44.9 Å². The van der Waals surface area contributed by atoms with Crippen molar-refractivity contribution in [3.05, 3.63) is 24.3 Å². The molecule has 0 aromatic rings. The van der Waals surface area contributed by atoms with Crippen LogP contribution in [0.2, 0.25) is 0 Å². The summed E-state index contributed by atoms with van der Waals surface area (Å²) >= 11 is 0. The number of aliphatic hydroxyl groups excluding tert-OH is 5. The molecule has 13 nitrogen and oxygen atoms in total. The van der Waals surface area contributed by atoms with E-state index in [1.165, 1.54) is 103 Å². The van der Waals surface area contributed by atoms with Crippen LogP contribution in [-0.4, -0.2) is 107 Å². The van der Waals surface area contributed by atoms with Gasteiger partial charge in [0, 0.05) is 0 Å². The molecule has 0 bridgehead atoms. The van der Waals surface area contributed by atoms with Gasteiger partial charge >= 0.3 is 10.4 Å². The van der Waals surface area contributed by atoms with Crippen LogP contribution < -0.4 is 5.32 Å². The third-order valence-electron chi connectivity index (χ3n) is 11.6. The Kier molecular flexibility index (Phi) is 35.7. The van der Waals surface area contributed by atoms with Gasteiger partial charge in [-0.3, -0.25) is 9.35 Å². The molecular formula is C47H89NO12S. The number of unbranched alkanes of at least 4 members (excludes halogenated alkanes) is 24. The van der Waals surface area contributed by atoms with Crippen LogP contribution in [-0.2, 0) is 28.9 Å². The average Bonchev–Trinajstić information content (AvgIpc) is 3.23. The number of amides is 1. The molecule has 61 heavy (non-hydrogen) atoms. The summed E-state index contributed by atoms with van der Waals surface area (Å²) in [6, 6.07) is -1.04. The first-order chi connectivity index (χ1) is 29.4. The van der Waals surface area contributed by atoms with Crippen LogP contribution in [0, 0.1) is 0 Å². The van der Waals surface area contributed by atoms with Crippen LogP contribution in [0.1, 0.15) is 206 Å². The minimum absolute atomic E-state index is 0.249. The first kappa shape index (κ1) is 57.6. The van der Waals surface area contributed by atoms with Crippen LogP contribution in [0.3, 0.4) is 0 Å². The Morgan fingerprint density at radius 1 is 0.656 bits per heavy atom. The zero-order valence-electron chi connectivity index (χ0n) is 38.1. The van der Waals surface area contributed by atoms with Gasteiger partial charge in [0.15, 0.2) is 6.29 Å². The summed E-state index contributed by atoms with van der Waals surface area (Å²) in [5, 5.41) is 55.3. The molecule has 8 atom stereocenters. The molecule has 1 amide bonds. The molecule has 1 fully saturated rings. The molecule has 0 saturated carbocycles. The van der Waals surface area contributed by atoms with E-state index in [9.17, 15) is 43.3 Å². The monoisotopic (exact) mass is 892 g/mol. The van der Waals surface area contributed by atoms with Crippen LogP contribution in [0.4, 0.5) is 0 Å². The van der Waals surface area contributed by atoms with Gasteiger partial charge in [-0.25, -0.2) is 4.18 Å². The second-order valence-corrected chi connectivity index (χ2v) is 18.2. The highest BCUT2D eigenvalue weighted by molar-refractivity contribution is 7.80. The van der Waals surface area contributed by atoms with Gasteiger partial charge in [0.2, 0.25) is 5.91 Å². The summed E-state index contributed by atoms with van der Waals surface area (Å²) in [7, 11) is -5.11. The lowest BCUT2D eigenvalue weighted by atomic mass is 9.99. The lowest BCUT2D eigenvalue weighted by molar-refractivity contribution is -0.298. The van der Waals surface area contributed by atoms with Crippen molar-refractivity contribution in [1.29, 1.82) is 0 Å². The van der Waals surface area contributed by atoms with E-state index in [2.05, 4.69) is 47.7 Å².